The molecule has 2 fully saturated rings. The standard InChI is InChI=1S/C18H24N2O4/c21-17(19-12-15-8-5-11-23-15)16-9-4-10-20(16)18(22)24-13-14-6-2-1-3-7-14/h1-3,6-7,15-16H,4-5,8-13H2,(H,19,21)/t15-,16+/m0/s1. The summed E-state index contributed by atoms with van der Waals surface area (Å²) in [6.45, 7) is 2.07. The summed E-state index contributed by atoms with van der Waals surface area (Å²) in [6.07, 6.45) is 3.20. The summed E-state index contributed by atoms with van der Waals surface area (Å²) >= 11 is 0. The van der Waals surface area contributed by atoms with E-state index >= 15 is 0 Å². The van der Waals surface area contributed by atoms with Gasteiger partial charge in [-0.15, -0.1) is 0 Å². The topological polar surface area (TPSA) is 67.9 Å². The molecule has 1 aromatic carbocycles. The molecule has 3 rings (SSSR count). The Bertz CT molecular complexity index is 557. The third-order valence-electron chi connectivity index (χ3n) is 4.52. The molecule has 130 valence electrons. The van der Waals surface area contributed by atoms with Gasteiger partial charge in [0.2, 0.25) is 5.91 Å². The summed E-state index contributed by atoms with van der Waals surface area (Å²) in [5.41, 5.74) is 0.935. The van der Waals surface area contributed by atoms with Gasteiger partial charge in [0, 0.05) is 19.7 Å². The summed E-state index contributed by atoms with van der Waals surface area (Å²) in [5.74, 6) is -0.111. The Hall–Kier alpha value is -2.08. The van der Waals surface area contributed by atoms with Crippen LogP contribution in [0.2, 0.25) is 0 Å². The van der Waals surface area contributed by atoms with Crippen LogP contribution in [-0.4, -0.2) is 48.7 Å². The van der Waals surface area contributed by atoms with E-state index in [0.717, 1.165) is 31.4 Å². The van der Waals surface area contributed by atoms with Crippen LogP contribution in [0.4, 0.5) is 4.79 Å². The van der Waals surface area contributed by atoms with Crippen LogP contribution in [0.3, 0.4) is 0 Å². The van der Waals surface area contributed by atoms with Gasteiger partial charge in [0.05, 0.1) is 6.10 Å². The SMILES string of the molecule is O=C(NC[C@@H]1CCCO1)[C@H]1CCCN1C(=O)OCc1ccccc1. The maximum Gasteiger partial charge on any atom is 0.410 e. The van der Waals surface area contributed by atoms with Crippen LogP contribution in [-0.2, 0) is 20.9 Å². The molecule has 0 saturated carbocycles. The van der Waals surface area contributed by atoms with Crippen LogP contribution in [0, 0.1) is 0 Å². The highest BCUT2D eigenvalue weighted by Crippen LogP contribution is 2.19. The number of ether oxygens (including phenoxy) is 2. The zero-order valence-electron chi connectivity index (χ0n) is 13.8. The number of hydrogen-bond acceptors (Lipinski definition) is 4. The number of nitrogens with zero attached hydrogens (tertiary/aromatic N) is 1. The van der Waals surface area contributed by atoms with Crippen molar-refractivity contribution in [1.29, 1.82) is 0 Å². The number of hydrogen-bond donors (Lipinski definition) is 1. The van der Waals surface area contributed by atoms with E-state index in [0.29, 0.717) is 19.5 Å². The fraction of sp³-hybridized carbons (Fsp3) is 0.556. The van der Waals surface area contributed by atoms with Crippen LogP contribution in [0.25, 0.3) is 0 Å². The fourth-order valence-electron chi connectivity index (χ4n) is 3.20. The van der Waals surface area contributed by atoms with E-state index < -0.39 is 12.1 Å². The molecular formula is C18H24N2O4. The quantitative estimate of drug-likeness (QED) is 0.896. The number of benzene rings is 1. The summed E-state index contributed by atoms with van der Waals surface area (Å²) in [6, 6.07) is 9.10. The van der Waals surface area contributed by atoms with E-state index in [1.54, 1.807) is 0 Å². The van der Waals surface area contributed by atoms with E-state index in [2.05, 4.69) is 5.32 Å². The molecule has 0 aliphatic carbocycles. The van der Waals surface area contributed by atoms with Gasteiger partial charge in [0.1, 0.15) is 12.6 Å². The first-order chi connectivity index (χ1) is 11.7. The smallest absolute Gasteiger partial charge is 0.410 e. The molecule has 2 aliphatic rings. The van der Waals surface area contributed by atoms with Crippen molar-refractivity contribution in [1.82, 2.24) is 10.2 Å². The van der Waals surface area contributed by atoms with Crippen LogP contribution in [0.15, 0.2) is 30.3 Å². The highest BCUT2D eigenvalue weighted by Gasteiger charge is 2.35. The van der Waals surface area contributed by atoms with E-state index in [1.807, 2.05) is 30.3 Å². The average Bonchev–Trinajstić information content (AvgIpc) is 3.30. The zero-order valence-corrected chi connectivity index (χ0v) is 13.8. The molecule has 0 aromatic heterocycles. The molecule has 0 bridgehead atoms. The number of amides is 2. The molecule has 1 N–H and O–H groups in total. The minimum atomic E-state index is -0.435. The molecule has 24 heavy (non-hydrogen) atoms. The Morgan fingerprint density at radius 3 is 2.79 bits per heavy atom. The number of likely N-dealkylation sites (tertiary alicyclic amines) is 1. The summed E-state index contributed by atoms with van der Waals surface area (Å²) < 4.78 is 10.9. The van der Waals surface area contributed by atoms with Crippen molar-refractivity contribution in [2.45, 2.75) is 44.4 Å². The van der Waals surface area contributed by atoms with Crippen molar-refractivity contribution in [3.8, 4) is 0 Å². The molecule has 2 atom stereocenters. The van der Waals surface area contributed by atoms with Gasteiger partial charge in [-0.1, -0.05) is 30.3 Å². The first-order valence-corrected chi connectivity index (χ1v) is 8.60. The van der Waals surface area contributed by atoms with E-state index in [-0.39, 0.29) is 18.6 Å². The summed E-state index contributed by atoms with van der Waals surface area (Å²) in [4.78, 5) is 26.2. The minimum Gasteiger partial charge on any atom is -0.445 e. The molecule has 6 heteroatoms. The second kappa shape index (κ2) is 8.15. The van der Waals surface area contributed by atoms with Crippen molar-refractivity contribution in [2.75, 3.05) is 19.7 Å². The lowest BCUT2D eigenvalue weighted by molar-refractivity contribution is -0.125. The van der Waals surface area contributed by atoms with Gasteiger partial charge in [-0.2, -0.15) is 0 Å². The minimum absolute atomic E-state index is 0.105. The predicted octanol–water partition coefficient (Wildman–Crippen LogP) is 2.08. The molecule has 0 radical (unpaired) electrons. The zero-order chi connectivity index (χ0) is 16.8. The van der Waals surface area contributed by atoms with Gasteiger partial charge in [-0.25, -0.2) is 4.79 Å². The second-order valence-electron chi connectivity index (χ2n) is 6.27. The van der Waals surface area contributed by atoms with Crippen molar-refractivity contribution >= 4 is 12.0 Å². The molecule has 0 unspecified atom stereocenters. The maximum absolute atomic E-state index is 12.4. The van der Waals surface area contributed by atoms with Gasteiger partial charge in [-0.05, 0) is 31.2 Å². The third-order valence-corrected chi connectivity index (χ3v) is 4.52. The van der Waals surface area contributed by atoms with Crippen LogP contribution < -0.4 is 5.32 Å². The Balaban J connectivity index is 1.48. The largest absolute Gasteiger partial charge is 0.445 e. The second-order valence-corrected chi connectivity index (χ2v) is 6.27. The van der Waals surface area contributed by atoms with Gasteiger partial charge >= 0.3 is 6.09 Å². The van der Waals surface area contributed by atoms with Gasteiger partial charge in [-0.3, -0.25) is 9.69 Å². The van der Waals surface area contributed by atoms with Gasteiger partial charge < -0.3 is 14.8 Å². The molecule has 6 nitrogen and oxygen atoms in total. The van der Waals surface area contributed by atoms with E-state index in [1.165, 1.54) is 4.90 Å². The highest BCUT2D eigenvalue weighted by atomic mass is 16.6. The first kappa shape index (κ1) is 16.8. The van der Waals surface area contributed by atoms with Crippen molar-refractivity contribution in [3.63, 3.8) is 0 Å². The molecule has 0 spiro atoms. The summed E-state index contributed by atoms with van der Waals surface area (Å²) in [7, 11) is 0. The lowest BCUT2D eigenvalue weighted by Gasteiger charge is -2.24. The molecular weight excluding hydrogens is 308 g/mol. The number of rotatable bonds is 5. The molecule has 2 amide bonds. The van der Waals surface area contributed by atoms with Crippen molar-refractivity contribution < 1.29 is 19.1 Å². The molecule has 2 aliphatic heterocycles. The molecule has 2 saturated heterocycles. The van der Waals surface area contributed by atoms with Crippen LogP contribution in [0.1, 0.15) is 31.2 Å². The predicted molar refractivity (Wildman–Crippen MR) is 88.3 cm³/mol. The summed E-state index contributed by atoms with van der Waals surface area (Å²) in [5, 5.41) is 2.91. The number of carbonyl (C=O) groups excluding carboxylic acids is 2. The van der Waals surface area contributed by atoms with Gasteiger partial charge in [0.25, 0.3) is 0 Å². The van der Waals surface area contributed by atoms with E-state index in [4.69, 9.17) is 9.47 Å². The molecule has 2 heterocycles. The lowest BCUT2D eigenvalue weighted by Crippen LogP contribution is -2.47. The monoisotopic (exact) mass is 332 g/mol. The highest BCUT2D eigenvalue weighted by molar-refractivity contribution is 5.86. The Morgan fingerprint density at radius 2 is 2.04 bits per heavy atom. The van der Waals surface area contributed by atoms with E-state index in [9.17, 15) is 9.59 Å². The average molecular weight is 332 g/mol. The lowest BCUT2D eigenvalue weighted by atomic mass is 10.2. The first-order valence-electron chi connectivity index (χ1n) is 8.60. The van der Waals surface area contributed by atoms with Crippen molar-refractivity contribution in [3.05, 3.63) is 35.9 Å². The maximum atomic E-state index is 12.4. The third kappa shape index (κ3) is 4.26. The Labute approximate surface area is 142 Å². The van der Waals surface area contributed by atoms with Crippen LogP contribution >= 0.6 is 0 Å². The Morgan fingerprint density at radius 1 is 1.21 bits per heavy atom. The number of nitrogens with one attached hydrogen (secondary N) is 1. The molecule has 1 aromatic rings. The normalized spacial score (nSPS) is 23.2. The number of carbonyl (C=O) groups is 2. The Kier molecular flexibility index (Phi) is 5.69. The fourth-order valence-corrected chi connectivity index (χ4v) is 3.20. The van der Waals surface area contributed by atoms with Crippen LogP contribution in [0.5, 0.6) is 0 Å². The van der Waals surface area contributed by atoms with Gasteiger partial charge in [0.15, 0.2) is 0 Å². The van der Waals surface area contributed by atoms with Crippen molar-refractivity contribution in [2.24, 2.45) is 0 Å².